The molecule has 0 spiro atoms. The Morgan fingerprint density at radius 3 is 2.40 bits per heavy atom. The lowest BCUT2D eigenvalue weighted by atomic mass is 9.92. The first-order chi connectivity index (χ1) is 7.43. The van der Waals surface area contributed by atoms with Gasteiger partial charge in [-0.15, -0.1) is 0 Å². The van der Waals surface area contributed by atoms with Crippen LogP contribution in [0.4, 0.5) is 0 Å². The van der Waals surface area contributed by atoms with Crippen molar-refractivity contribution in [1.82, 2.24) is 5.32 Å². The summed E-state index contributed by atoms with van der Waals surface area (Å²) in [6.07, 6.45) is 12.2. The van der Waals surface area contributed by atoms with Crippen LogP contribution >= 0.6 is 11.8 Å². The van der Waals surface area contributed by atoms with Crippen LogP contribution in [0.1, 0.15) is 12.8 Å². The highest BCUT2D eigenvalue weighted by Gasteiger charge is 2.36. The SMILES string of the molecule is C1=CC2CC(C3CNCCS3)CC2C=C1. The van der Waals surface area contributed by atoms with E-state index in [9.17, 15) is 0 Å². The third-order valence-corrected chi connectivity index (χ3v) is 5.43. The molecule has 1 N–H and O–H groups in total. The quantitative estimate of drug-likeness (QED) is 0.730. The summed E-state index contributed by atoms with van der Waals surface area (Å²) in [7, 11) is 0. The fourth-order valence-corrected chi connectivity index (χ4v) is 4.49. The van der Waals surface area contributed by atoms with E-state index < -0.39 is 0 Å². The predicted molar refractivity (Wildman–Crippen MR) is 67.1 cm³/mol. The molecule has 0 aromatic heterocycles. The lowest BCUT2D eigenvalue weighted by molar-refractivity contribution is 0.476. The maximum absolute atomic E-state index is 3.54. The van der Waals surface area contributed by atoms with Gasteiger partial charge in [0.25, 0.3) is 0 Å². The zero-order valence-corrected chi connectivity index (χ0v) is 9.88. The minimum absolute atomic E-state index is 0.850. The van der Waals surface area contributed by atoms with Gasteiger partial charge in [-0.1, -0.05) is 24.3 Å². The fourth-order valence-electron chi connectivity index (χ4n) is 3.19. The molecule has 1 heterocycles. The molecule has 0 aromatic carbocycles. The van der Waals surface area contributed by atoms with Crippen molar-refractivity contribution in [2.75, 3.05) is 18.8 Å². The van der Waals surface area contributed by atoms with Crippen molar-refractivity contribution in [3.8, 4) is 0 Å². The van der Waals surface area contributed by atoms with E-state index >= 15 is 0 Å². The van der Waals surface area contributed by atoms with Crippen molar-refractivity contribution in [2.45, 2.75) is 18.1 Å². The van der Waals surface area contributed by atoms with Crippen molar-refractivity contribution >= 4 is 11.8 Å². The molecule has 1 aliphatic heterocycles. The predicted octanol–water partition coefficient (Wildman–Crippen LogP) is 2.46. The van der Waals surface area contributed by atoms with Gasteiger partial charge in [0.1, 0.15) is 0 Å². The second-order valence-corrected chi connectivity index (χ2v) is 6.29. The number of rotatable bonds is 1. The highest BCUT2D eigenvalue weighted by molar-refractivity contribution is 8.00. The van der Waals surface area contributed by atoms with Gasteiger partial charge >= 0.3 is 0 Å². The minimum atomic E-state index is 0.850. The van der Waals surface area contributed by atoms with Gasteiger partial charge in [0.05, 0.1) is 0 Å². The average Bonchev–Trinajstić information content (AvgIpc) is 2.74. The van der Waals surface area contributed by atoms with E-state index in [1.54, 1.807) is 0 Å². The highest BCUT2D eigenvalue weighted by atomic mass is 32.2. The van der Waals surface area contributed by atoms with Crippen LogP contribution in [-0.2, 0) is 0 Å². The Morgan fingerprint density at radius 1 is 1.07 bits per heavy atom. The normalized spacial score (nSPS) is 44.3. The summed E-state index contributed by atoms with van der Waals surface area (Å²) in [5.41, 5.74) is 0. The Hall–Kier alpha value is -0.210. The average molecular weight is 221 g/mol. The number of thioether (sulfide) groups is 1. The lowest BCUT2D eigenvalue weighted by Gasteiger charge is -2.27. The standard InChI is InChI=1S/C13H19NS/c1-2-4-11-8-12(7-10(11)3-1)13-9-14-5-6-15-13/h1-4,10-14H,5-9H2. The molecule has 0 bridgehead atoms. The van der Waals surface area contributed by atoms with Crippen LogP contribution in [0.25, 0.3) is 0 Å². The molecule has 2 heteroatoms. The van der Waals surface area contributed by atoms with E-state index in [1.165, 1.54) is 31.7 Å². The van der Waals surface area contributed by atoms with Crippen LogP contribution in [0.5, 0.6) is 0 Å². The number of hydrogen-bond acceptors (Lipinski definition) is 2. The van der Waals surface area contributed by atoms with Crippen LogP contribution in [0.3, 0.4) is 0 Å². The first kappa shape index (κ1) is 9.98. The molecular weight excluding hydrogens is 202 g/mol. The lowest BCUT2D eigenvalue weighted by Crippen LogP contribution is -2.36. The summed E-state index contributed by atoms with van der Waals surface area (Å²) in [6.45, 7) is 2.45. The molecule has 0 aromatic rings. The number of hydrogen-bond donors (Lipinski definition) is 1. The maximum atomic E-state index is 3.54. The summed E-state index contributed by atoms with van der Waals surface area (Å²) in [5.74, 6) is 3.96. The van der Waals surface area contributed by atoms with E-state index in [1.807, 2.05) is 0 Å². The zero-order chi connectivity index (χ0) is 10.1. The van der Waals surface area contributed by atoms with Crippen molar-refractivity contribution in [3.05, 3.63) is 24.3 Å². The van der Waals surface area contributed by atoms with Gasteiger partial charge in [-0.2, -0.15) is 11.8 Å². The molecular formula is C13H19NS. The molecule has 15 heavy (non-hydrogen) atoms. The van der Waals surface area contributed by atoms with Crippen molar-refractivity contribution in [1.29, 1.82) is 0 Å². The molecule has 3 aliphatic rings. The maximum Gasteiger partial charge on any atom is 0.0201 e. The van der Waals surface area contributed by atoms with Gasteiger partial charge < -0.3 is 5.32 Å². The van der Waals surface area contributed by atoms with Crippen LogP contribution in [0, 0.1) is 17.8 Å². The molecule has 1 nitrogen and oxygen atoms in total. The van der Waals surface area contributed by atoms with E-state index in [2.05, 4.69) is 41.4 Å². The Morgan fingerprint density at radius 2 is 1.80 bits per heavy atom. The Bertz CT molecular complexity index is 258. The van der Waals surface area contributed by atoms with Crippen LogP contribution in [0.15, 0.2) is 24.3 Å². The van der Waals surface area contributed by atoms with Gasteiger partial charge in [-0.25, -0.2) is 0 Å². The third kappa shape index (κ3) is 2.02. The molecule has 3 unspecified atom stereocenters. The molecule has 1 saturated heterocycles. The van der Waals surface area contributed by atoms with Crippen LogP contribution in [0.2, 0.25) is 0 Å². The summed E-state index contributed by atoms with van der Waals surface area (Å²) < 4.78 is 0. The topological polar surface area (TPSA) is 12.0 Å². The monoisotopic (exact) mass is 221 g/mol. The Kier molecular flexibility index (Phi) is 2.89. The molecule has 2 aliphatic carbocycles. The first-order valence-corrected chi connectivity index (χ1v) is 7.15. The Balaban J connectivity index is 1.64. The first-order valence-electron chi connectivity index (χ1n) is 6.11. The molecule has 2 fully saturated rings. The van der Waals surface area contributed by atoms with Crippen LogP contribution in [-0.4, -0.2) is 24.1 Å². The molecule has 0 radical (unpaired) electrons. The second-order valence-electron chi connectivity index (χ2n) is 4.94. The molecule has 3 rings (SSSR count). The summed E-state index contributed by atoms with van der Waals surface area (Å²) >= 11 is 2.20. The Labute approximate surface area is 96.4 Å². The van der Waals surface area contributed by atoms with Gasteiger partial charge in [-0.3, -0.25) is 0 Å². The van der Waals surface area contributed by atoms with Crippen molar-refractivity contribution in [2.24, 2.45) is 17.8 Å². The summed E-state index contributed by atoms with van der Waals surface area (Å²) in [4.78, 5) is 0. The van der Waals surface area contributed by atoms with Gasteiger partial charge in [0.2, 0.25) is 0 Å². The third-order valence-electron chi connectivity index (χ3n) is 4.01. The zero-order valence-electron chi connectivity index (χ0n) is 9.06. The summed E-state index contributed by atoms with van der Waals surface area (Å²) in [6, 6.07) is 0. The van der Waals surface area contributed by atoms with Crippen molar-refractivity contribution in [3.63, 3.8) is 0 Å². The van der Waals surface area contributed by atoms with E-state index in [0.29, 0.717) is 0 Å². The fraction of sp³-hybridized carbons (Fsp3) is 0.692. The molecule has 0 amide bonds. The smallest absolute Gasteiger partial charge is 0.0201 e. The van der Waals surface area contributed by atoms with E-state index in [4.69, 9.17) is 0 Å². The summed E-state index contributed by atoms with van der Waals surface area (Å²) in [5, 5.41) is 4.42. The van der Waals surface area contributed by atoms with E-state index in [0.717, 1.165) is 23.0 Å². The van der Waals surface area contributed by atoms with Gasteiger partial charge in [0.15, 0.2) is 0 Å². The van der Waals surface area contributed by atoms with Crippen LogP contribution < -0.4 is 5.32 Å². The largest absolute Gasteiger partial charge is 0.315 e. The second kappa shape index (κ2) is 4.34. The number of allylic oxidation sites excluding steroid dienone is 4. The number of nitrogens with one attached hydrogen (secondary N) is 1. The van der Waals surface area contributed by atoms with Gasteiger partial charge in [0, 0.05) is 24.1 Å². The molecule has 82 valence electrons. The van der Waals surface area contributed by atoms with Gasteiger partial charge in [-0.05, 0) is 30.6 Å². The highest BCUT2D eigenvalue weighted by Crippen LogP contribution is 2.44. The number of fused-ring (bicyclic) bond motifs is 1. The minimum Gasteiger partial charge on any atom is -0.315 e. The van der Waals surface area contributed by atoms with Crippen molar-refractivity contribution < 1.29 is 0 Å². The molecule has 1 saturated carbocycles. The molecule has 3 atom stereocenters. The van der Waals surface area contributed by atoms with E-state index in [-0.39, 0.29) is 0 Å².